The molecule has 1 rings (SSSR count). The summed E-state index contributed by atoms with van der Waals surface area (Å²) in [6.07, 6.45) is 0. The Morgan fingerprint density at radius 1 is 0.667 bits per heavy atom. The summed E-state index contributed by atoms with van der Waals surface area (Å²) in [5, 5.41) is 42.8. The lowest BCUT2D eigenvalue weighted by atomic mass is 10.2. The molecule has 0 aliphatic carbocycles. The maximum absolute atomic E-state index is 12.9. The monoisotopic (exact) mass is 514 g/mol. The number of aliphatic carboxylic acids is 4. The minimum atomic E-state index is -1.31. The minimum Gasteiger partial charge on any atom is -0.549 e. The van der Waals surface area contributed by atoms with E-state index in [0.29, 0.717) is 0 Å². The molecular weight excluding hydrogens is 478 g/mol. The van der Waals surface area contributed by atoms with Gasteiger partial charge in [-0.25, -0.2) is 0 Å². The van der Waals surface area contributed by atoms with Crippen LogP contribution >= 0.6 is 0 Å². The predicted octanol–water partition coefficient (Wildman–Crippen LogP) is -5.97. The molecule has 1 N–H and O–H groups in total. The van der Waals surface area contributed by atoms with Crippen LogP contribution in [0.1, 0.15) is 13.8 Å². The van der Waals surface area contributed by atoms with Gasteiger partial charge in [-0.2, -0.15) is 0 Å². The molecular formula is C22H36N5O9-3. The van der Waals surface area contributed by atoms with E-state index in [1.807, 2.05) is 13.8 Å². The van der Waals surface area contributed by atoms with Gasteiger partial charge in [0.15, 0.2) is 0 Å². The SMILES string of the molecule is CC(C)CN(CC(=O)O)C(=O)CN1CCN(CC(=O)[O-])CCN(CC(=O)[O-])CCN(CC(=O)[O-])CC1. The number of carboxylic acid groups (broad SMARTS) is 4. The van der Waals surface area contributed by atoms with Gasteiger partial charge >= 0.3 is 5.97 Å². The maximum atomic E-state index is 12.9. The minimum absolute atomic E-state index is 0.0423. The van der Waals surface area contributed by atoms with Crippen LogP contribution in [0.15, 0.2) is 0 Å². The highest BCUT2D eigenvalue weighted by molar-refractivity contribution is 5.82. The zero-order chi connectivity index (χ0) is 27.3. The zero-order valence-electron chi connectivity index (χ0n) is 20.9. The standard InChI is InChI=1S/C22H39N5O9/c1-17(2)11-27(16-22(35)36)18(28)12-23-3-5-24(13-19(29)30)7-9-26(15-21(33)34)10-8-25(6-4-23)14-20(31)32/h17H,3-16H2,1-2H3,(H,29,30)(H,31,32)(H,33,34)(H,35,36)/p-3. The Bertz CT molecular complexity index is 732. The first-order valence-corrected chi connectivity index (χ1v) is 11.8. The lowest BCUT2D eigenvalue weighted by Gasteiger charge is -2.35. The van der Waals surface area contributed by atoms with Crippen LogP contribution in [-0.2, 0) is 24.0 Å². The Kier molecular flexibility index (Phi) is 13.9. The molecule has 0 aromatic heterocycles. The molecule has 0 aromatic carbocycles. The van der Waals surface area contributed by atoms with Gasteiger partial charge in [0.25, 0.3) is 0 Å². The molecule has 36 heavy (non-hydrogen) atoms. The fourth-order valence-electron chi connectivity index (χ4n) is 3.91. The smallest absolute Gasteiger partial charge is 0.323 e. The third-order valence-electron chi connectivity index (χ3n) is 5.61. The van der Waals surface area contributed by atoms with Crippen molar-refractivity contribution in [1.29, 1.82) is 0 Å². The maximum Gasteiger partial charge on any atom is 0.323 e. The molecule has 0 spiro atoms. The molecule has 0 atom stereocenters. The van der Waals surface area contributed by atoms with Crippen molar-refractivity contribution >= 4 is 29.8 Å². The summed E-state index contributed by atoms with van der Waals surface area (Å²) in [7, 11) is 0. The lowest BCUT2D eigenvalue weighted by molar-refractivity contribution is -0.308. The van der Waals surface area contributed by atoms with Gasteiger partial charge in [-0.3, -0.25) is 29.2 Å². The first kappa shape index (κ1) is 31.2. The van der Waals surface area contributed by atoms with E-state index in [9.17, 15) is 44.4 Å². The van der Waals surface area contributed by atoms with Gasteiger partial charge in [0.1, 0.15) is 6.54 Å². The molecule has 0 bridgehead atoms. The molecule has 0 radical (unpaired) electrons. The number of rotatable bonds is 12. The summed E-state index contributed by atoms with van der Waals surface area (Å²) in [6, 6.07) is 0. The predicted molar refractivity (Wildman–Crippen MR) is 120 cm³/mol. The third kappa shape index (κ3) is 13.9. The van der Waals surface area contributed by atoms with Gasteiger partial charge in [0.05, 0.1) is 24.5 Å². The summed E-state index contributed by atoms with van der Waals surface area (Å²) >= 11 is 0. The van der Waals surface area contributed by atoms with Gasteiger partial charge in [0.2, 0.25) is 5.91 Å². The number of carboxylic acids is 4. The number of hydrogen-bond acceptors (Lipinski definition) is 12. The van der Waals surface area contributed by atoms with Gasteiger partial charge in [-0.05, 0) is 5.92 Å². The second-order valence-corrected chi connectivity index (χ2v) is 9.28. The normalized spacial score (nSPS) is 17.8. The molecule has 1 saturated heterocycles. The number of hydrogen-bond donors (Lipinski definition) is 1. The summed E-state index contributed by atoms with van der Waals surface area (Å²) in [5.74, 6) is -5.42. The van der Waals surface area contributed by atoms with E-state index >= 15 is 0 Å². The summed E-state index contributed by atoms with van der Waals surface area (Å²) < 4.78 is 0. The van der Waals surface area contributed by atoms with Gasteiger partial charge in [-0.15, -0.1) is 0 Å². The van der Waals surface area contributed by atoms with Crippen LogP contribution in [0.4, 0.5) is 0 Å². The van der Waals surface area contributed by atoms with Crippen LogP contribution in [0, 0.1) is 5.92 Å². The van der Waals surface area contributed by atoms with Crippen molar-refractivity contribution in [3.63, 3.8) is 0 Å². The highest BCUT2D eigenvalue weighted by Crippen LogP contribution is 2.04. The molecule has 0 saturated carbocycles. The van der Waals surface area contributed by atoms with E-state index < -0.39 is 56.0 Å². The molecule has 14 heteroatoms. The number of carbonyl (C=O) groups excluding carboxylic acids is 4. The fourth-order valence-corrected chi connectivity index (χ4v) is 3.91. The fraction of sp³-hybridized carbons (Fsp3) is 0.773. The Balaban J connectivity index is 3.06. The Labute approximate surface area is 210 Å². The van der Waals surface area contributed by atoms with Crippen LogP contribution in [0.3, 0.4) is 0 Å². The Hall–Kier alpha value is -2.81. The van der Waals surface area contributed by atoms with Gasteiger partial charge in [0, 0.05) is 78.5 Å². The second kappa shape index (κ2) is 16.0. The van der Waals surface area contributed by atoms with Crippen molar-refractivity contribution in [3.8, 4) is 0 Å². The molecule has 0 unspecified atom stereocenters. The van der Waals surface area contributed by atoms with Gasteiger partial charge in [-0.1, -0.05) is 13.8 Å². The largest absolute Gasteiger partial charge is 0.549 e. The van der Waals surface area contributed by atoms with E-state index in [-0.39, 0.29) is 71.4 Å². The lowest BCUT2D eigenvalue weighted by Crippen LogP contribution is -2.52. The van der Waals surface area contributed by atoms with Crippen LogP contribution in [0.5, 0.6) is 0 Å². The van der Waals surface area contributed by atoms with E-state index in [1.165, 1.54) is 4.90 Å². The van der Waals surface area contributed by atoms with Crippen molar-refractivity contribution in [3.05, 3.63) is 0 Å². The number of carbonyl (C=O) groups is 5. The Morgan fingerprint density at radius 3 is 1.22 bits per heavy atom. The average Bonchev–Trinajstić information content (AvgIpc) is 2.73. The van der Waals surface area contributed by atoms with Crippen molar-refractivity contribution < 1.29 is 44.4 Å². The third-order valence-corrected chi connectivity index (χ3v) is 5.61. The highest BCUT2D eigenvalue weighted by atomic mass is 16.4. The molecule has 1 aliphatic rings. The zero-order valence-corrected chi connectivity index (χ0v) is 20.9. The average molecular weight is 515 g/mol. The number of nitrogens with zero attached hydrogens (tertiary/aromatic N) is 5. The van der Waals surface area contributed by atoms with Crippen LogP contribution in [0.2, 0.25) is 0 Å². The molecule has 1 heterocycles. The van der Waals surface area contributed by atoms with Gasteiger partial charge < -0.3 is 39.7 Å². The Morgan fingerprint density at radius 2 is 0.972 bits per heavy atom. The van der Waals surface area contributed by atoms with Crippen molar-refractivity contribution in [2.45, 2.75) is 13.8 Å². The van der Waals surface area contributed by atoms with Crippen LogP contribution < -0.4 is 15.3 Å². The molecule has 1 amide bonds. The van der Waals surface area contributed by atoms with E-state index in [0.717, 1.165) is 0 Å². The first-order chi connectivity index (χ1) is 16.8. The van der Waals surface area contributed by atoms with Crippen molar-refractivity contribution in [2.24, 2.45) is 5.92 Å². The first-order valence-electron chi connectivity index (χ1n) is 11.8. The van der Waals surface area contributed by atoms with Crippen molar-refractivity contribution in [2.75, 3.05) is 91.6 Å². The van der Waals surface area contributed by atoms with E-state index in [2.05, 4.69) is 0 Å². The summed E-state index contributed by atoms with van der Waals surface area (Å²) in [6.45, 7) is 3.89. The summed E-state index contributed by atoms with van der Waals surface area (Å²) in [4.78, 5) is 65.4. The topological polar surface area (TPSA) is 191 Å². The van der Waals surface area contributed by atoms with Crippen LogP contribution in [-0.4, -0.2) is 151 Å². The molecule has 1 aliphatic heterocycles. The number of amides is 1. The quantitative estimate of drug-likeness (QED) is 0.259. The molecule has 1 fully saturated rings. The highest BCUT2D eigenvalue weighted by Gasteiger charge is 2.23. The molecule has 206 valence electrons. The van der Waals surface area contributed by atoms with Crippen LogP contribution in [0.25, 0.3) is 0 Å². The van der Waals surface area contributed by atoms with E-state index in [1.54, 1.807) is 19.6 Å². The summed E-state index contributed by atoms with van der Waals surface area (Å²) in [5.41, 5.74) is 0. The molecule has 14 nitrogen and oxygen atoms in total. The van der Waals surface area contributed by atoms with E-state index in [4.69, 9.17) is 0 Å². The molecule has 0 aromatic rings. The van der Waals surface area contributed by atoms with Crippen molar-refractivity contribution in [1.82, 2.24) is 24.5 Å². The second-order valence-electron chi connectivity index (χ2n) is 9.28.